The van der Waals surface area contributed by atoms with Crippen molar-refractivity contribution in [2.45, 2.75) is 45.2 Å². The molecule has 1 spiro atoms. The maximum Gasteiger partial charge on any atom is 0.253 e. The first-order chi connectivity index (χ1) is 20.9. The van der Waals surface area contributed by atoms with Crippen LogP contribution in [0.25, 0.3) is 10.9 Å². The number of nitrogens with one attached hydrogen (secondary N) is 2. The van der Waals surface area contributed by atoms with Gasteiger partial charge in [-0.3, -0.25) is 9.69 Å². The van der Waals surface area contributed by atoms with Gasteiger partial charge in [0.2, 0.25) is 0 Å². The lowest BCUT2D eigenvalue weighted by molar-refractivity contribution is -0.0451. The number of hydrogen-bond acceptors (Lipinski definition) is 6. The average Bonchev–Trinajstić information content (AvgIpc) is 3.46. The Labute approximate surface area is 254 Å². The Morgan fingerprint density at radius 1 is 1.14 bits per heavy atom. The number of aromatic nitrogens is 1. The van der Waals surface area contributed by atoms with Gasteiger partial charge in [-0.15, -0.1) is 0 Å². The van der Waals surface area contributed by atoms with E-state index in [1.807, 2.05) is 18.3 Å². The Balaban J connectivity index is 1.15. The average molecular weight is 582 g/mol. The van der Waals surface area contributed by atoms with E-state index >= 15 is 0 Å². The first-order valence-electron chi connectivity index (χ1n) is 15.9. The first kappa shape index (κ1) is 28.4. The Morgan fingerprint density at radius 2 is 1.91 bits per heavy atom. The molecule has 0 unspecified atom stereocenters. The molecular formula is C35H43N5O3. The molecule has 43 heavy (non-hydrogen) atoms. The van der Waals surface area contributed by atoms with E-state index in [0.29, 0.717) is 11.8 Å². The third-order valence-corrected chi connectivity index (χ3v) is 10.6. The summed E-state index contributed by atoms with van der Waals surface area (Å²) in [5.74, 6) is 2.20. The number of likely N-dealkylation sites (tertiary alicyclic amines) is 1. The van der Waals surface area contributed by atoms with Crippen LogP contribution in [0, 0.1) is 41.4 Å². The molecule has 3 aromatic rings. The fourth-order valence-electron chi connectivity index (χ4n) is 7.89. The molecule has 8 heteroatoms. The summed E-state index contributed by atoms with van der Waals surface area (Å²) in [6.07, 6.45) is 6.15. The van der Waals surface area contributed by atoms with Crippen molar-refractivity contribution in [1.29, 1.82) is 5.26 Å². The number of nitriles is 1. The van der Waals surface area contributed by atoms with Crippen LogP contribution in [0.1, 0.15) is 58.8 Å². The molecule has 3 saturated heterocycles. The van der Waals surface area contributed by atoms with Gasteiger partial charge >= 0.3 is 0 Å². The van der Waals surface area contributed by atoms with Crippen molar-refractivity contribution in [1.82, 2.24) is 20.1 Å². The van der Waals surface area contributed by atoms with Gasteiger partial charge in [0, 0.05) is 84.7 Å². The highest BCUT2D eigenvalue weighted by molar-refractivity contribution is 5.94. The summed E-state index contributed by atoms with van der Waals surface area (Å²) < 4.78 is 11.3. The highest BCUT2D eigenvalue weighted by atomic mass is 16.5. The Bertz CT molecular complexity index is 1490. The topological polar surface area (TPSA) is 93.6 Å². The maximum atomic E-state index is 13.7. The zero-order chi connectivity index (χ0) is 29.6. The predicted molar refractivity (Wildman–Crippen MR) is 166 cm³/mol. The Hall–Kier alpha value is -3.38. The first-order valence-corrected chi connectivity index (χ1v) is 15.9. The molecule has 2 N–H and O–H groups in total. The van der Waals surface area contributed by atoms with E-state index < -0.39 is 0 Å². The summed E-state index contributed by atoms with van der Waals surface area (Å²) in [6, 6.07) is 15.4. The fourth-order valence-corrected chi connectivity index (χ4v) is 7.89. The summed E-state index contributed by atoms with van der Waals surface area (Å²) >= 11 is 0. The Kier molecular flexibility index (Phi) is 7.66. The van der Waals surface area contributed by atoms with Crippen LogP contribution >= 0.6 is 0 Å². The lowest BCUT2D eigenvalue weighted by Crippen LogP contribution is -2.51. The number of carbonyl (C=O) groups excluding carboxylic acids is 1. The molecule has 0 radical (unpaired) electrons. The van der Waals surface area contributed by atoms with E-state index in [0.717, 1.165) is 95.0 Å². The maximum absolute atomic E-state index is 13.7. The van der Waals surface area contributed by atoms with Crippen LogP contribution in [-0.4, -0.2) is 73.7 Å². The van der Waals surface area contributed by atoms with Gasteiger partial charge in [-0.2, -0.15) is 5.26 Å². The fraction of sp³-hybridized carbons (Fsp3) is 0.543. The number of benzene rings is 2. The molecule has 7 rings (SSSR count). The number of carbonyl (C=O) groups is 1. The van der Waals surface area contributed by atoms with Crippen LogP contribution in [0.4, 0.5) is 0 Å². The quantitative estimate of drug-likeness (QED) is 0.367. The van der Waals surface area contributed by atoms with Crippen LogP contribution in [0.5, 0.6) is 5.75 Å². The predicted octanol–water partition coefficient (Wildman–Crippen LogP) is 5.05. The van der Waals surface area contributed by atoms with E-state index in [-0.39, 0.29) is 23.3 Å². The number of amides is 1. The second kappa shape index (κ2) is 11.6. The van der Waals surface area contributed by atoms with Crippen molar-refractivity contribution in [3.05, 3.63) is 64.8 Å². The van der Waals surface area contributed by atoms with Gasteiger partial charge in [0.05, 0.1) is 26.4 Å². The lowest BCUT2D eigenvalue weighted by Gasteiger charge is -2.53. The zero-order valence-electron chi connectivity index (χ0n) is 25.4. The molecule has 4 aliphatic rings. The summed E-state index contributed by atoms with van der Waals surface area (Å²) in [4.78, 5) is 21.8. The minimum Gasteiger partial charge on any atom is -0.496 e. The number of hydrogen-bond donors (Lipinski definition) is 2. The van der Waals surface area contributed by atoms with Gasteiger partial charge in [-0.1, -0.05) is 12.1 Å². The number of fused-ring (bicyclic) bond motifs is 1. The van der Waals surface area contributed by atoms with E-state index in [4.69, 9.17) is 9.47 Å². The number of nitrogens with zero attached hydrogens (tertiary/aromatic N) is 3. The van der Waals surface area contributed by atoms with Crippen molar-refractivity contribution in [3.63, 3.8) is 0 Å². The number of piperidine rings is 1. The minimum atomic E-state index is 0.123. The van der Waals surface area contributed by atoms with Crippen molar-refractivity contribution in [2.75, 3.05) is 53.0 Å². The standard InChI is InChI=1S/C35H43N5O3/c1-23-11-32(42-2)30(29-7-9-38-33(23)29)20-39-10-8-35(12-24(13-35)15-36)14-31(39)27-3-5-28(6-4-27)34(41)40(18-25-16-37-17-25)19-26-21-43-22-26/h3-7,9,11,24-26,31,37-38H,8,10,12-14,16-22H2,1-2H3/t24?,31-,35?/m0/s1. The Morgan fingerprint density at radius 3 is 2.56 bits per heavy atom. The van der Waals surface area contributed by atoms with Crippen molar-refractivity contribution in [3.8, 4) is 11.8 Å². The van der Waals surface area contributed by atoms with Gasteiger partial charge in [-0.05, 0) is 80.0 Å². The molecule has 1 aliphatic carbocycles. The molecule has 0 bridgehead atoms. The van der Waals surface area contributed by atoms with E-state index in [2.05, 4.69) is 57.4 Å². The highest BCUT2D eigenvalue weighted by Gasteiger charge is 2.49. The number of aromatic amines is 1. The highest BCUT2D eigenvalue weighted by Crippen LogP contribution is 2.57. The summed E-state index contributed by atoms with van der Waals surface area (Å²) in [5.41, 5.74) is 5.79. The molecule has 226 valence electrons. The van der Waals surface area contributed by atoms with Crippen LogP contribution in [0.2, 0.25) is 0 Å². The number of ether oxygens (including phenoxy) is 2. The molecule has 3 aliphatic heterocycles. The largest absolute Gasteiger partial charge is 0.496 e. The molecular weight excluding hydrogens is 538 g/mol. The summed E-state index contributed by atoms with van der Waals surface area (Å²) in [6.45, 7) is 8.90. The number of H-pyrrole nitrogens is 1. The third kappa shape index (κ3) is 5.43. The van der Waals surface area contributed by atoms with Crippen molar-refractivity contribution >= 4 is 16.8 Å². The molecule has 1 aromatic heterocycles. The van der Waals surface area contributed by atoms with Gasteiger partial charge in [-0.25, -0.2) is 0 Å². The van der Waals surface area contributed by atoms with Crippen LogP contribution in [0.15, 0.2) is 42.6 Å². The molecule has 4 fully saturated rings. The van der Waals surface area contributed by atoms with Gasteiger partial charge in [0.25, 0.3) is 5.91 Å². The number of aryl methyl sites for hydroxylation is 1. The second-order valence-electron chi connectivity index (χ2n) is 13.6. The van der Waals surface area contributed by atoms with Crippen LogP contribution in [-0.2, 0) is 11.3 Å². The monoisotopic (exact) mass is 581 g/mol. The second-order valence-corrected chi connectivity index (χ2v) is 13.6. The molecule has 8 nitrogen and oxygen atoms in total. The molecule has 2 aromatic carbocycles. The molecule has 1 saturated carbocycles. The minimum absolute atomic E-state index is 0.123. The van der Waals surface area contributed by atoms with Gasteiger partial charge in [0.1, 0.15) is 5.75 Å². The smallest absolute Gasteiger partial charge is 0.253 e. The number of rotatable bonds is 9. The van der Waals surface area contributed by atoms with Crippen molar-refractivity contribution in [2.24, 2.45) is 23.2 Å². The number of methoxy groups -OCH3 is 1. The van der Waals surface area contributed by atoms with E-state index in [1.54, 1.807) is 7.11 Å². The normalized spacial score (nSPS) is 26.0. The third-order valence-electron chi connectivity index (χ3n) is 10.6. The van der Waals surface area contributed by atoms with Gasteiger partial charge in [0.15, 0.2) is 0 Å². The van der Waals surface area contributed by atoms with E-state index in [9.17, 15) is 10.1 Å². The van der Waals surface area contributed by atoms with E-state index in [1.165, 1.54) is 22.1 Å². The molecule has 1 atom stereocenters. The summed E-state index contributed by atoms with van der Waals surface area (Å²) in [7, 11) is 1.76. The lowest BCUT2D eigenvalue weighted by atomic mass is 9.56. The van der Waals surface area contributed by atoms with Crippen molar-refractivity contribution < 1.29 is 14.3 Å². The van der Waals surface area contributed by atoms with Crippen LogP contribution < -0.4 is 10.1 Å². The molecule has 1 amide bonds. The summed E-state index contributed by atoms with van der Waals surface area (Å²) in [5, 5.41) is 14.1. The zero-order valence-corrected chi connectivity index (χ0v) is 25.4. The molecule has 4 heterocycles. The van der Waals surface area contributed by atoms with Crippen LogP contribution in [0.3, 0.4) is 0 Å². The van der Waals surface area contributed by atoms with Gasteiger partial charge < -0.3 is 24.7 Å². The SMILES string of the molecule is COc1cc(C)c2[nH]ccc2c1CN1CCC2(CC(C#N)C2)C[C@H]1c1ccc(C(=O)N(CC2CNC2)CC2COC2)cc1.